The highest BCUT2D eigenvalue weighted by molar-refractivity contribution is 5.99. The summed E-state index contributed by atoms with van der Waals surface area (Å²) in [5.74, 6) is -1.04. The smallest absolute Gasteiger partial charge is 0.387 e. The minimum absolute atomic E-state index is 0.321. The van der Waals surface area contributed by atoms with E-state index in [-0.39, 0.29) is 17.1 Å². The van der Waals surface area contributed by atoms with Crippen LogP contribution in [0.25, 0.3) is 0 Å². The van der Waals surface area contributed by atoms with Crippen LogP contribution in [0.15, 0.2) is 23.4 Å². The molecule has 1 aromatic rings. The van der Waals surface area contributed by atoms with E-state index in [9.17, 15) is 13.2 Å². The molecule has 19 heavy (non-hydrogen) atoms. The van der Waals surface area contributed by atoms with Gasteiger partial charge < -0.3 is 15.3 Å². The molecule has 1 fully saturated rings. The van der Waals surface area contributed by atoms with Crippen LogP contribution in [0.2, 0.25) is 0 Å². The van der Waals surface area contributed by atoms with Crippen molar-refractivity contribution < 1.29 is 22.7 Å². The van der Waals surface area contributed by atoms with Gasteiger partial charge in [-0.3, -0.25) is 0 Å². The number of amidine groups is 1. The van der Waals surface area contributed by atoms with Gasteiger partial charge in [0, 0.05) is 0 Å². The quantitative estimate of drug-likeness (QED) is 0.492. The van der Waals surface area contributed by atoms with Crippen LogP contribution >= 0.6 is 0 Å². The summed E-state index contributed by atoms with van der Waals surface area (Å²) < 4.78 is 42.2. The minimum atomic E-state index is -3.07. The fraction of sp³-hybridized carbons (Fsp3) is 0.417. The van der Waals surface area contributed by atoms with Crippen molar-refractivity contribution in [3.8, 4) is 5.75 Å². The van der Waals surface area contributed by atoms with Gasteiger partial charge in [0.05, 0.1) is 5.56 Å². The number of rotatable bonds is 6. The van der Waals surface area contributed by atoms with Crippen molar-refractivity contribution in [1.82, 2.24) is 0 Å². The van der Waals surface area contributed by atoms with Crippen molar-refractivity contribution in [3.05, 3.63) is 29.6 Å². The predicted molar refractivity (Wildman–Crippen MR) is 62.4 cm³/mol. The summed E-state index contributed by atoms with van der Waals surface area (Å²) in [6.45, 7) is -2.68. The molecule has 7 heteroatoms. The van der Waals surface area contributed by atoms with Gasteiger partial charge in [-0.1, -0.05) is 11.2 Å². The highest BCUT2D eigenvalue weighted by Crippen LogP contribution is 2.29. The Balaban J connectivity index is 2.15. The van der Waals surface area contributed by atoms with Gasteiger partial charge in [-0.05, 0) is 30.9 Å². The van der Waals surface area contributed by atoms with Crippen molar-refractivity contribution in [3.63, 3.8) is 0 Å². The molecule has 0 spiro atoms. The lowest BCUT2D eigenvalue weighted by Gasteiger charge is -2.10. The fourth-order valence-corrected chi connectivity index (χ4v) is 1.49. The van der Waals surface area contributed by atoms with E-state index < -0.39 is 12.4 Å². The van der Waals surface area contributed by atoms with Crippen LogP contribution in [0.1, 0.15) is 18.4 Å². The fourth-order valence-electron chi connectivity index (χ4n) is 1.49. The first kappa shape index (κ1) is 13.5. The van der Waals surface area contributed by atoms with Crippen LogP contribution in [-0.2, 0) is 4.84 Å². The second kappa shape index (κ2) is 5.81. The molecule has 0 aromatic heterocycles. The molecule has 1 aromatic carbocycles. The largest absolute Gasteiger partial charge is 0.434 e. The molecule has 0 saturated heterocycles. The van der Waals surface area contributed by atoms with Gasteiger partial charge in [0.15, 0.2) is 5.84 Å². The van der Waals surface area contributed by atoms with Gasteiger partial charge in [-0.25, -0.2) is 4.39 Å². The number of alkyl halides is 2. The molecule has 1 saturated carbocycles. The molecule has 1 aliphatic rings. The zero-order valence-electron chi connectivity index (χ0n) is 9.98. The Morgan fingerprint density at radius 3 is 2.79 bits per heavy atom. The van der Waals surface area contributed by atoms with E-state index in [0.717, 1.165) is 18.9 Å². The minimum Gasteiger partial charge on any atom is -0.434 e. The van der Waals surface area contributed by atoms with Crippen molar-refractivity contribution in [2.75, 3.05) is 6.61 Å². The molecule has 0 radical (unpaired) electrons. The second-order valence-electron chi connectivity index (χ2n) is 4.21. The molecule has 1 aliphatic carbocycles. The Kier molecular flexibility index (Phi) is 4.13. The van der Waals surface area contributed by atoms with E-state index in [1.54, 1.807) is 0 Å². The monoisotopic (exact) mass is 274 g/mol. The van der Waals surface area contributed by atoms with Crippen LogP contribution in [0.3, 0.4) is 0 Å². The van der Waals surface area contributed by atoms with Crippen LogP contribution in [0.4, 0.5) is 13.2 Å². The second-order valence-corrected chi connectivity index (χ2v) is 4.21. The Labute approximate surface area is 108 Å². The maximum absolute atomic E-state index is 13.6. The van der Waals surface area contributed by atoms with Gasteiger partial charge in [0.1, 0.15) is 18.2 Å². The topological polar surface area (TPSA) is 56.8 Å². The average molecular weight is 274 g/mol. The number of nitrogens with zero attached hydrogens (tertiary/aromatic N) is 1. The van der Waals surface area contributed by atoms with E-state index in [1.807, 2.05) is 0 Å². The maximum Gasteiger partial charge on any atom is 0.387 e. The summed E-state index contributed by atoms with van der Waals surface area (Å²) in [5.41, 5.74) is 5.22. The van der Waals surface area contributed by atoms with Crippen molar-refractivity contribution >= 4 is 5.84 Å². The number of halogens is 3. The van der Waals surface area contributed by atoms with Gasteiger partial charge >= 0.3 is 6.61 Å². The first-order chi connectivity index (χ1) is 9.08. The van der Waals surface area contributed by atoms with Gasteiger partial charge in [0.25, 0.3) is 0 Å². The van der Waals surface area contributed by atoms with Gasteiger partial charge in [0.2, 0.25) is 0 Å². The maximum atomic E-state index is 13.6. The molecule has 4 nitrogen and oxygen atoms in total. The Bertz CT molecular complexity index is 476. The molecule has 0 unspecified atom stereocenters. The number of benzene rings is 1. The first-order valence-corrected chi connectivity index (χ1v) is 5.77. The molecule has 104 valence electrons. The van der Waals surface area contributed by atoms with Gasteiger partial charge in [-0.2, -0.15) is 8.78 Å². The van der Waals surface area contributed by atoms with Crippen LogP contribution in [0.5, 0.6) is 5.75 Å². The number of ether oxygens (including phenoxy) is 1. The molecule has 2 rings (SSSR count). The third-order valence-electron chi connectivity index (χ3n) is 2.62. The summed E-state index contributed by atoms with van der Waals surface area (Å²) >= 11 is 0. The standard InChI is InChI=1S/C12H13F3N2O2/c13-8-2-1-3-9(19-12(14)15)10(8)11(16)17-18-6-7-4-5-7/h1-3,7,12H,4-6H2,(H2,16,17). The van der Waals surface area contributed by atoms with E-state index in [2.05, 4.69) is 9.89 Å². The number of hydrogen-bond donors (Lipinski definition) is 1. The summed E-state index contributed by atoms with van der Waals surface area (Å²) in [4.78, 5) is 4.94. The Morgan fingerprint density at radius 1 is 1.42 bits per heavy atom. The summed E-state index contributed by atoms with van der Waals surface area (Å²) in [6.07, 6.45) is 2.13. The lowest BCUT2D eigenvalue weighted by molar-refractivity contribution is -0.0501. The summed E-state index contributed by atoms with van der Waals surface area (Å²) in [5, 5.41) is 3.53. The molecule has 0 heterocycles. The first-order valence-electron chi connectivity index (χ1n) is 5.77. The number of oxime groups is 1. The number of hydrogen-bond acceptors (Lipinski definition) is 3. The van der Waals surface area contributed by atoms with Crippen molar-refractivity contribution in [1.29, 1.82) is 0 Å². The third-order valence-corrected chi connectivity index (χ3v) is 2.62. The van der Waals surface area contributed by atoms with E-state index >= 15 is 0 Å². The molecule has 0 atom stereocenters. The molecule has 0 aliphatic heterocycles. The van der Waals surface area contributed by atoms with E-state index in [1.165, 1.54) is 12.1 Å². The molecule has 0 bridgehead atoms. The normalized spacial score (nSPS) is 15.7. The molecular weight excluding hydrogens is 261 g/mol. The predicted octanol–water partition coefficient (Wildman–Crippen LogP) is 2.47. The van der Waals surface area contributed by atoms with Crippen molar-refractivity contribution in [2.45, 2.75) is 19.5 Å². The van der Waals surface area contributed by atoms with Gasteiger partial charge in [-0.15, -0.1) is 0 Å². The number of nitrogens with two attached hydrogens (primary N) is 1. The zero-order chi connectivity index (χ0) is 13.8. The van der Waals surface area contributed by atoms with Crippen LogP contribution in [-0.4, -0.2) is 19.1 Å². The lowest BCUT2D eigenvalue weighted by Crippen LogP contribution is -2.18. The summed E-state index contributed by atoms with van der Waals surface area (Å²) in [6, 6.07) is 3.51. The highest BCUT2D eigenvalue weighted by atomic mass is 19.3. The average Bonchev–Trinajstić information content (AvgIpc) is 3.12. The lowest BCUT2D eigenvalue weighted by atomic mass is 10.1. The molecule has 2 N–H and O–H groups in total. The SMILES string of the molecule is NC(=NOCC1CC1)c1c(F)cccc1OC(F)F. The van der Waals surface area contributed by atoms with E-state index in [4.69, 9.17) is 10.6 Å². The van der Waals surface area contributed by atoms with Crippen molar-refractivity contribution in [2.24, 2.45) is 16.8 Å². The molecule has 0 amide bonds. The van der Waals surface area contributed by atoms with Crippen LogP contribution < -0.4 is 10.5 Å². The summed E-state index contributed by atoms with van der Waals surface area (Å²) in [7, 11) is 0. The van der Waals surface area contributed by atoms with E-state index in [0.29, 0.717) is 12.5 Å². The van der Waals surface area contributed by atoms with Crippen LogP contribution in [0, 0.1) is 11.7 Å². The third kappa shape index (κ3) is 3.77. The highest BCUT2D eigenvalue weighted by Gasteiger charge is 2.22. The molecular formula is C12H13F3N2O2. The zero-order valence-corrected chi connectivity index (χ0v) is 9.98. The Morgan fingerprint density at radius 2 is 2.16 bits per heavy atom. The Hall–Kier alpha value is -1.92.